The van der Waals surface area contributed by atoms with Crippen LogP contribution >= 0.6 is 0 Å². The molecule has 0 spiro atoms. The van der Waals surface area contributed by atoms with Crippen molar-refractivity contribution < 1.29 is 4.74 Å². The first kappa shape index (κ1) is 13.1. The Bertz CT molecular complexity index is 582. The zero-order valence-corrected chi connectivity index (χ0v) is 12.0. The molecule has 2 aromatic rings. The lowest BCUT2D eigenvalue weighted by molar-refractivity contribution is 0.0994. The van der Waals surface area contributed by atoms with Crippen LogP contribution in [-0.4, -0.2) is 32.8 Å². The van der Waals surface area contributed by atoms with Crippen molar-refractivity contribution in [1.82, 2.24) is 20.2 Å². The van der Waals surface area contributed by atoms with Crippen molar-refractivity contribution >= 4 is 17.0 Å². The van der Waals surface area contributed by atoms with E-state index in [0.717, 1.165) is 24.0 Å². The predicted molar refractivity (Wildman–Crippen MR) is 77.9 cm³/mol. The van der Waals surface area contributed by atoms with Gasteiger partial charge in [0.1, 0.15) is 11.5 Å². The Morgan fingerprint density at radius 1 is 1.35 bits per heavy atom. The van der Waals surface area contributed by atoms with Gasteiger partial charge in [0.15, 0.2) is 5.65 Å². The summed E-state index contributed by atoms with van der Waals surface area (Å²) in [5, 5.41) is 10.9. The third-order valence-corrected chi connectivity index (χ3v) is 3.91. The molecule has 2 heterocycles. The first-order valence-corrected chi connectivity index (χ1v) is 7.39. The molecule has 0 aromatic carbocycles. The lowest BCUT2D eigenvalue weighted by Gasteiger charge is -2.29. The normalized spacial score (nSPS) is 22.9. The van der Waals surface area contributed by atoms with Crippen LogP contribution in [0.5, 0.6) is 5.88 Å². The quantitative estimate of drug-likeness (QED) is 0.897. The van der Waals surface area contributed by atoms with Gasteiger partial charge in [-0.1, -0.05) is 13.3 Å². The Labute approximate surface area is 118 Å². The fourth-order valence-corrected chi connectivity index (χ4v) is 2.74. The predicted octanol–water partition coefficient (Wildman–Crippen LogP) is 2.74. The molecule has 2 N–H and O–H groups in total. The Morgan fingerprint density at radius 2 is 2.20 bits per heavy atom. The summed E-state index contributed by atoms with van der Waals surface area (Å²) >= 11 is 0. The zero-order valence-electron chi connectivity index (χ0n) is 12.0. The van der Waals surface area contributed by atoms with Crippen molar-refractivity contribution in [3.05, 3.63) is 6.20 Å². The van der Waals surface area contributed by atoms with E-state index in [0.29, 0.717) is 17.7 Å². The van der Waals surface area contributed by atoms with Crippen molar-refractivity contribution in [3.8, 4) is 5.88 Å². The number of fused-ring (bicyclic) bond motifs is 1. The highest BCUT2D eigenvalue weighted by Gasteiger charge is 2.24. The van der Waals surface area contributed by atoms with Gasteiger partial charge in [0.2, 0.25) is 11.8 Å². The minimum atomic E-state index is 0.242. The summed E-state index contributed by atoms with van der Waals surface area (Å²) < 4.78 is 6.18. The van der Waals surface area contributed by atoms with E-state index in [1.54, 1.807) is 6.20 Å². The van der Waals surface area contributed by atoms with Gasteiger partial charge in [-0.05, 0) is 32.1 Å². The molecule has 2 unspecified atom stereocenters. The Morgan fingerprint density at radius 3 is 3.00 bits per heavy atom. The van der Waals surface area contributed by atoms with Crippen molar-refractivity contribution in [2.45, 2.75) is 45.6 Å². The van der Waals surface area contributed by atoms with E-state index in [-0.39, 0.29) is 6.10 Å². The third-order valence-electron chi connectivity index (χ3n) is 3.91. The van der Waals surface area contributed by atoms with E-state index >= 15 is 0 Å². The molecule has 1 saturated carbocycles. The van der Waals surface area contributed by atoms with E-state index in [1.165, 1.54) is 19.3 Å². The van der Waals surface area contributed by atoms with Gasteiger partial charge in [-0.2, -0.15) is 15.1 Å². The average Bonchev–Trinajstić information content (AvgIpc) is 2.90. The molecule has 6 nitrogen and oxygen atoms in total. The highest BCUT2D eigenvalue weighted by molar-refractivity contribution is 5.80. The van der Waals surface area contributed by atoms with Crippen LogP contribution in [0.1, 0.15) is 39.5 Å². The number of anilines is 1. The summed E-state index contributed by atoms with van der Waals surface area (Å²) in [7, 11) is 0. The molecular weight excluding hydrogens is 254 g/mol. The molecule has 2 atom stereocenters. The lowest BCUT2D eigenvalue weighted by Crippen LogP contribution is -2.28. The van der Waals surface area contributed by atoms with Gasteiger partial charge < -0.3 is 10.1 Å². The first-order chi connectivity index (χ1) is 9.78. The monoisotopic (exact) mass is 275 g/mol. The maximum absolute atomic E-state index is 6.18. The van der Waals surface area contributed by atoms with Crippen LogP contribution in [0.15, 0.2) is 6.20 Å². The Kier molecular flexibility index (Phi) is 3.71. The molecule has 1 aliphatic carbocycles. The third kappa shape index (κ3) is 2.55. The Balaban J connectivity index is 1.90. The molecule has 1 fully saturated rings. The second-order valence-corrected chi connectivity index (χ2v) is 5.43. The number of hydrogen-bond acceptors (Lipinski definition) is 5. The van der Waals surface area contributed by atoms with E-state index in [2.05, 4.69) is 32.4 Å². The molecule has 3 rings (SSSR count). The number of ether oxygens (including phenoxy) is 1. The number of rotatable bonds is 4. The number of hydrogen-bond donors (Lipinski definition) is 2. The smallest absolute Gasteiger partial charge is 0.229 e. The second-order valence-electron chi connectivity index (χ2n) is 5.43. The van der Waals surface area contributed by atoms with E-state index in [4.69, 9.17) is 4.74 Å². The number of aromatic amines is 1. The minimum Gasteiger partial charge on any atom is -0.473 e. The summed E-state index contributed by atoms with van der Waals surface area (Å²) in [6.45, 7) is 5.05. The highest BCUT2D eigenvalue weighted by atomic mass is 16.5. The SMILES string of the molecule is CCNc1nc(OC2CCCCC2C)c2cn[nH]c2n1. The number of nitrogens with one attached hydrogen (secondary N) is 2. The van der Waals surface area contributed by atoms with Gasteiger partial charge in [0.25, 0.3) is 0 Å². The maximum Gasteiger partial charge on any atom is 0.229 e. The van der Waals surface area contributed by atoms with Crippen molar-refractivity contribution in [2.24, 2.45) is 5.92 Å². The van der Waals surface area contributed by atoms with Crippen LogP contribution in [-0.2, 0) is 0 Å². The van der Waals surface area contributed by atoms with Crippen molar-refractivity contribution in [2.75, 3.05) is 11.9 Å². The van der Waals surface area contributed by atoms with Gasteiger partial charge in [-0.25, -0.2) is 0 Å². The van der Waals surface area contributed by atoms with Gasteiger partial charge in [0.05, 0.1) is 6.20 Å². The summed E-state index contributed by atoms with van der Waals surface area (Å²) in [6.07, 6.45) is 6.83. The molecule has 1 aliphatic rings. The van der Waals surface area contributed by atoms with Crippen molar-refractivity contribution in [3.63, 3.8) is 0 Å². The lowest BCUT2D eigenvalue weighted by atomic mass is 9.88. The number of H-pyrrole nitrogens is 1. The molecule has 0 radical (unpaired) electrons. The average molecular weight is 275 g/mol. The first-order valence-electron chi connectivity index (χ1n) is 7.39. The fourth-order valence-electron chi connectivity index (χ4n) is 2.74. The maximum atomic E-state index is 6.18. The minimum absolute atomic E-state index is 0.242. The van der Waals surface area contributed by atoms with Gasteiger partial charge in [-0.3, -0.25) is 5.10 Å². The summed E-state index contributed by atoms with van der Waals surface area (Å²) in [5.41, 5.74) is 0.717. The highest BCUT2D eigenvalue weighted by Crippen LogP contribution is 2.30. The standard InChI is InChI=1S/C14H21N5O/c1-3-15-14-17-12-10(8-16-19-12)13(18-14)20-11-7-5-4-6-9(11)2/h8-9,11H,3-7H2,1-2H3,(H2,15,16,17,18,19). The molecule has 0 aliphatic heterocycles. The van der Waals surface area contributed by atoms with Gasteiger partial charge >= 0.3 is 0 Å². The molecule has 20 heavy (non-hydrogen) atoms. The van der Waals surface area contributed by atoms with Crippen LogP contribution in [0, 0.1) is 5.92 Å². The summed E-state index contributed by atoms with van der Waals surface area (Å²) in [5.74, 6) is 1.80. The number of aromatic nitrogens is 4. The van der Waals surface area contributed by atoms with Gasteiger partial charge in [-0.15, -0.1) is 0 Å². The van der Waals surface area contributed by atoms with E-state index in [9.17, 15) is 0 Å². The summed E-state index contributed by atoms with van der Waals surface area (Å²) in [6, 6.07) is 0. The fraction of sp³-hybridized carbons (Fsp3) is 0.643. The molecule has 6 heteroatoms. The second kappa shape index (κ2) is 5.64. The molecule has 2 aromatic heterocycles. The van der Waals surface area contributed by atoms with Crippen LogP contribution < -0.4 is 10.1 Å². The molecule has 0 bridgehead atoms. The van der Waals surface area contributed by atoms with Crippen LogP contribution in [0.25, 0.3) is 11.0 Å². The zero-order chi connectivity index (χ0) is 13.9. The topological polar surface area (TPSA) is 75.7 Å². The molecule has 0 amide bonds. The molecular formula is C14H21N5O. The Hall–Kier alpha value is -1.85. The summed E-state index contributed by atoms with van der Waals surface area (Å²) in [4.78, 5) is 8.86. The van der Waals surface area contributed by atoms with Crippen molar-refractivity contribution in [1.29, 1.82) is 0 Å². The molecule has 108 valence electrons. The molecule has 0 saturated heterocycles. The van der Waals surface area contributed by atoms with Gasteiger partial charge in [0, 0.05) is 6.54 Å². The van der Waals surface area contributed by atoms with Crippen LogP contribution in [0.3, 0.4) is 0 Å². The van der Waals surface area contributed by atoms with Crippen LogP contribution in [0.4, 0.5) is 5.95 Å². The number of nitrogens with zero attached hydrogens (tertiary/aromatic N) is 3. The van der Waals surface area contributed by atoms with Crippen LogP contribution in [0.2, 0.25) is 0 Å². The van der Waals surface area contributed by atoms with E-state index < -0.39 is 0 Å². The van der Waals surface area contributed by atoms with E-state index in [1.807, 2.05) is 6.92 Å². The largest absolute Gasteiger partial charge is 0.473 e.